The van der Waals surface area contributed by atoms with Gasteiger partial charge >= 0.3 is 0 Å². The van der Waals surface area contributed by atoms with E-state index in [1.54, 1.807) is 0 Å². The maximum absolute atomic E-state index is 5.45. The first-order chi connectivity index (χ1) is 5.77. The minimum Gasteiger partial charge on any atom is -0.381 e. The van der Waals surface area contributed by atoms with Crippen LogP contribution in [0.1, 0.15) is 34.5 Å². The minimum atomic E-state index is 0. The Bertz CT molecular complexity index is 89.0. The highest BCUT2D eigenvalue weighted by Gasteiger charge is 1.93. The average Bonchev–Trinajstić information content (AvgIpc) is 2.02. The van der Waals surface area contributed by atoms with Crippen LogP contribution in [0, 0.1) is 5.92 Å². The lowest BCUT2D eigenvalue weighted by molar-refractivity contribution is 0.106. The predicted octanol–water partition coefficient (Wildman–Crippen LogP) is 2.29. The van der Waals surface area contributed by atoms with Crippen LogP contribution < -0.4 is 5.32 Å². The van der Waals surface area contributed by atoms with E-state index < -0.39 is 0 Å². The van der Waals surface area contributed by atoms with Crippen LogP contribution in [0.5, 0.6) is 0 Å². The molecule has 0 rings (SSSR count). The molecule has 1 N–H and O–H groups in total. The van der Waals surface area contributed by atoms with E-state index >= 15 is 0 Å². The lowest BCUT2D eigenvalue weighted by Crippen LogP contribution is -2.08. The van der Waals surface area contributed by atoms with Crippen molar-refractivity contribution in [1.82, 2.24) is 5.32 Å². The standard InChI is InChI=1S/C10H23NO.H2/c1-10(2)9-12-8-6-4-5-7-11-3;/h10-11H,4-9H2,1-3H3;1H. The molecule has 0 bridgehead atoms. The van der Waals surface area contributed by atoms with Crippen molar-refractivity contribution in [3.8, 4) is 0 Å². The molecule has 0 aliphatic rings. The second kappa shape index (κ2) is 9.01. The molecular weight excluding hydrogens is 150 g/mol. The highest BCUT2D eigenvalue weighted by atomic mass is 16.5. The zero-order valence-electron chi connectivity index (χ0n) is 8.73. The van der Waals surface area contributed by atoms with E-state index in [1.165, 1.54) is 19.3 Å². The van der Waals surface area contributed by atoms with Gasteiger partial charge in [0.2, 0.25) is 0 Å². The van der Waals surface area contributed by atoms with Crippen LogP contribution >= 0.6 is 0 Å². The van der Waals surface area contributed by atoms with Crippen LogP contribution in [0.2, 0.25) is 0 Å². The van der Waals surface area contributed by atoms with Crippen molar-refractivity contribution < 1.29 is 6.16 Å². The van der Waals surface area contributed by atoms with Crippen LogP contribution in [0.25, 0.3) is 0 Å². The topological polar surface area (TPSA) is 21.3 Å². The van der Waals surface area contributed by atoms with Crippen molar-refractivity contribution in [2.45, 2.75) is 33.1 Å². The first kappa shape index (κ1) is 11.9. The van der Waals surface area contributed by atoms with E-state index in [4.69, 9.17) is 4.74 Å². The Labute approximate surface area is 78.2 Å². The second-order valence-corrected chi connectivity index (χ2v) is 3.63. The van der Waals surface area contributed by atoms with Gasteiger partial charge in [0.25, 0.3) is 0 Å². The first-order valence-electron chi connectivity index (χ1n) is 4.99. The van der Waals surface area contributed by atoms with Crippen LogP contribution in [0.3, 0.4) is 0 Å². The summed E-state index contributed by atoms with van der Waals surface area (Å²) in [5.74, 6) is 0.669. The van der Waals surface area contributed by atoms with Crippen LogP contribution in [0.4, 0.5) is 0 Å². The van der Waals surface area contributed by atoms with Crippen molar-refractivity contribution in [1.29, 1.82) is 0 Å². The molecule has 0 heterocycles. The molecule has 0 fully saturated rings. The smallest absolute Gasteiger partial charge is 0.0488 e. The second-order valence-electron chi connectivity index (χ2n) is 3.63. The van der Waals surface area contributed by atoms with Gasteiger partial charge in [-0.15, -0.1) is 0 Å². The summed E-state index contributed by atoms with van der Waals surface area (Å²) in [5.41, 5.74) is 0. The van der Waals surface area contributed by atoms with Crippen molar-refractivity contribution in [2.24, 2.45) is 5.92 Å². The first-order valence-corrected chi connectivity index (χ1v) is 4.99. The molecule has 0 saturated carbocycles. The van der Waals surface area contributed by atoms with Gasteiger partial charge in [0.1, 0.15) is 0 Å². The Morgan fingerprint density at radius 3 is 2.58 bits per heavy atom. The zero-order chi connectivity index (χ0) is 9.23. The highest BCUT2D eigenvalue weighted by molar-refractivity contribution is 4.45. The van der Waals surface area contributed by atoms with E-state index in [2.05, 4.69) is 19.2 Å². The Morgan fingerprint density at radius 1 is 1.25 bits per heavy atom. The SMILES string of the molecule is CNCCCCCOCC(C)C.[HH]. The molecule has 0 amide bonds. The van der Waals surface area contributed by atoms with Gasteiger partial charge in [0, 0.05) is 14.6 Å². The fourth-order valence-corrected chi connectivity index (χ4v) is 1.00. The minimum absolute atomic E-state index is 0. The van der Waals surface area contributed by atoms with E-state index in [0.29, 0.717) is 5.92 Å². The predicted molar refractivity (Wildman–Crippen MR) is 55.5 cm³/mol. The zero-order valence-corrected chi connectivity index (χ0v) is 8.73. The molecular formula is C10H25NO. The molecule has 0 aromatic heterocycles. The molecule has 0 aliphatic carbocycles. The van der Waals surface area contributed by atoms with Gasteiger partial charge < -0.3 is 10.1 Å². The maximum atomic E-state index is 5.45. The largest absolute Gasteiger partial charge is 0.381 e. The fourth-order valence-electron chi connectivity index (χ4n) is 1.00. The fraction of sp³-hybridized carbons (Fsp3) is 1.00. The molecule has 12 heavy (non-hydrogen) atoms. The summed E-state index contributed by atoms with van der Waals surface area (Å²) >= 11 is 0. The third-order valence-corrected chi connectivity index (χ3v) is 1.67. The van der Waals surface area contributed by atoms with Gasteiger partial charge in [-0.3, -0.25) is 0 Å². The summed E-state index contributed by atoms with van der Waals surface area (Å²) in [6, 6.07) is 0. The van der Waals surface area contributed by atoms with Gasteiger partial charge in [0.05, 0.1) is 0 Å². The van der Waals surface area contributed by atoms with E-state index in [-0.39, 0.29) is 1.43 Å². The lowest BCUT2D eigenvalue weighted by Gasteiger charge is -2.06. The van der Waals surface area contributed by atoms with Gasteiger partial charge in [-0.25, -0.2) is 0 Å². The Morgan fingerprint density at radius 2 is 2.00 bits per heavy atom. The number of ether oxygens (including phenoxy) is 1. The number of nitrogens with one attached hydrogen (secondary N) is 1. The molecule has 0 unspecified atom stereocenters. The van der Waals surface area contributed by atoms with Crippen LogP contribution in [-0.4, -0.2) is 26.8 Å². The van der Waals surface area contributed by atoms with E-state index in [9.17, 15) is 0 Å². The monoisotopic (exact) mass is 175 g/mol. The Hall–Kier alpha value is -0.0800. The van der Waals surface area contributed by atoms with Crippen LogP contribution in [0.15, 0.2) is 0 Å². The summed E-state index contributed by atoms with van der Waals surface area (Å²) in [6.07, 6.45) is 3.74. The lowest BCUT2D eigenvalue weighted by atomic mass is 10.2. The third kappa shape index (κ3) is 9.92. The average molecular weight is 175 g/mol. The van der Waals surface area contributed by atoms with Gasteiger partial charge in [0.15, 0.2) is 0 Å². The van der Waals surface area contributed by atoms with Gasteiger partial charge in [-0.05, 0) is 38.8 Å². The van der Waals surface area contributed by atoms with Crippen molar-refractivity contribution in [2.75, 3.05) is 26.8 Å². The molecule has 0 aliphatic heterocycles. The molecule has 0 saturated heterocycles. The highest BCUT2D eigenvalue weighted by Crippen LogP contribution is 1.97. The number of hydrogen-bond acceptors (Lipinski definition) is 2. The molecule has 0 radical (unpaired) electrons. The summed E-state index contributed by atoms with van der Waals surface area (Å²) in [5, 5.41) is 3.14. The van der Waals surface area contributed by atoms with Crippen molar-refractivity contribution in [3.05, 3.63) is 0 Å². The molecule has 76 valence electrons. The summed E-state index contributed by atoms with van der Waals surface area (Å²) in [4.78, 5) is 0. The van der Waals surface area contributed by atoms with Crippen molar-refractivity contribution >= 4 is 0 Å². The molecule has 0 atom stereocenters. The molecule has 0 aromatic carbocycles. The molecule has 2 heteroatoms. The maximum Gasteiger partial charge on any atom is 0.0488 e. The number of unbranched alkanes of at least 4 members (excludes halogenated alkanes) is 2. The summed E-state index contributed by atoms with van der Waals surface area (Å²) in [7, 11) is 2.00. The number of rotatable bonds is 8. The quantitative estimate of drug-likeness (QED) is 0.572. The molecule has 0 aromatic rings. The van der Waals surface area contributed by atoms with E-state index in [1.807, 2.05) is 7.05 Å². The molecule has 0 spiro atoms. The van der Waals surface area contributed by atoms with Crippen molar-refractivity contribution in [3.63, 3.8) is 0 Å². The Kier molecular flexibility index (Phi) is 8.95. The van der Waals surface area contributed by atoms with Gasteiger partial charge in [-0.1, -0.05) is 13.8 Å². The Balaban J connectivity index is 0. The van der Waals surface area contributed by atoms with Gasteiger partial charge in [-0.2, -0.15) is 0 Å². The third-order valence-electron chi connectivity index (χ3n) is 1.67. The summed E-state index contributed by atoms with van der Waals surface area (Å²) < 4.78 is 5.45. The van der Waals surface area contributed by atoms with Crippen LogP contribution in [-0.2, 0) is 4.74 Å². The molecule has 2 nitrogen and oxygen atoms in total. The van der Waals surface area contributed by atoms with E-state index in [0.717, 1.165) is 19.8 Å². The summed E-state index contributed by atoms with van der Waals surface area (Å²) in [6.45, 7) is 7.33. The normalized spacial score (nSPS) is 11.0. The number of hydrogen-bond donors (Lipinski definition) is 1.